The van der Waals surface area contributed by atoms with Gasteiger partial charge in [-0.25, -0.2) is 0 Å². The normalized spacial score (nSPS) is 20.7. The van der Waals surface area contributed by atoms with Crippen molar-refractivity contribution in [3.05, 3.63) is 35.4 Å². The average Bonchev–Trinajstić information content (AvgIpc) is 2.91. The molecule has 2 rings (SSSR count). The summed E-state index contributed by atoms with van der Waals surface area (Å²) in [5.41, 5.74) is 7.48. The molecular weight excluding hydrogens is 260 g/mol. The molecule has 2 N–H and O–H groups in total. The average molecular weight is 284 g/mol. The minimum absolute atomic E-state index is 0.192. The van der Waals surface area contributed by atoms with E-state index in [0.29, 0.717) is 19.0 Å². The Kier molecular flexibility index (Phi) is 5.41. The zero-order valence-electron chi connectivity index (χ0n) is 12.9. The molecule has 3 nitrogen and oxygen atoms in total. The summed E-state index contributed by atoms with van der Waals surface area (Å²) < 4.78 is 0. The molecule has 1 saturated carbocycles. The van der Waals surface area contributed by atoms with Crippen molar-refractivity contribution in [2.45, 2.75) is 32.7 Å². The van der Waals surface area contributed by atoms with Crippen molar-refractivity contribution in [3.63, 3.8) is 0 Å². The summed E-state index contributed by atoms with van der Waals surface area (Å²) in [6, 6.07) is 7.96. The summed E-state index contributed by atoms with van der Waals surface area (Å²) in [6.07, 6.45) is 3.37. The van der Waals surface area contributed by atoms with E-state index in [1.807, 2.05) is 36.2 Å². The zero-order valence-corrected chi connectivity index (χ0v) is 12.9. The maximum absolute atomic E-state index is 12.6. The van der Waals surface area contributed by atoms with E-state index in [1.54, 1.807) is 0 Å². The predicted molar refractivity (Wildman–Crippen MR) is 85.4 cm³/mol. The van der Waals surface area contributed by atoms with Crippen molar-refractivity contribution < 1.29 is 4.79 Å². The molecule has 0 radical (unpaired) electrons. The zero-order chi connectivity index (χ0) is 15.2. The quantitative estimate of drug-likeness (QED) is 0.866. The Bertz CT molecular complexity index is 556. The van der Waals surface area contributed by atoms with E-state index in [-0.39, 0.29) is 11.8 Å². The fraction of sp³-hybridized carbons (Fsp3) is 0.500. The third-order valence-electron chi connectivity index (χ3n) is 4.30. The summed E-state index contributed by atoms with van der Waals surface area (Å²) in [5, 5.41) is 0. The molecule has 0 heterocycles. The van der Waals surface area contributed by atoms with Crippen LogP contribution in [-0.4, -0.2) is 24.4 Å². The van der Waals surface area contributed by atoms with Crippen LogP contribution < -0.4 is 5.73 Å². The van der Waals surface area contributed by atoms with Crippen molar-refractivity contribution in [2.75, 3.05) is 13.6 Å². The Labute approximate surface area is 127 Å². The Morgan fingerprint density at radius 3 is 2.81 bits per heavy atom. The van der Waals surface area contributed by atoms with Crippen molar-refractivity contribution >= 4 is 5.91 Å². The van der Waals surface area contributed by atoms with Gasteiger partial charge in [0.25, 0.3) is 0 Å². The SMILES string of the molecule is CC1CCCC1C(=O)N(C)Cc1ccccc1C#CCN. The first-order chi connectivity index (χ1) is 10.1. The molecule has 0 aliphatic heterocycles. The summed E-state index contributed by atoms with van der Waals surface area (Å²) >= 11 is 0. The number of nitrogens with two attached hydrogens (primary N) is 1. The molecule has 1 aliphatic carbocycles. The lowest BCUT2D eigenvalue weighted by Gasteiger charge is -2.24. The highest BCUT2D eigenvalue weighted by molar-refractivity contribution is 5.79. The fourth-order valence-electron chi connectivity index (χ4n) is 3.06. The largest absolute Gasteiger partial charge is 0.341 e. The van der Waals surface area contributed by atoms with Gasteiger partial charge in [0.1, 0.15) is 0 Å². The molecule has 112 valence electrons. The van der Waals surface area contributed by atoms with Crippen LogP contribution in [0.4, 0.5) is 0 Å². The van der Waals surface area contributed by atoms with Gasteiger partial charge in [-0.1, -0.05) is 43.4 Å². The van der Waals surface area contributed by atoms with Crippen LogP contribution in [0.1, 0.15) is 37.3 Å². The van der Waals surface area contributed by atoms with Gasteiger partial charge in [-0.15, -0.1) is 0 Å². The van der Waals surface area contributed by atoms with E-state index in [4.69, 9.17) is 5.73 Å². The Morgan fingerprint density at radius 2 is 2.14 bits per heavy atom. The lowest BCUT2D eigenvalue weighted by molar-refractivity contribution is -0.135. The molecule has 0 aromatic heterocycles. The minimum atomic E-state index is 0.192. The summed E-state index contributed by atoms with van der Waals surface area (Å²) in [5.74, 6) is 6.93. The number of rotatable bonds is 3. The molecule has 1 aromatic rings. The lowest BCUT2D eigenvalue weighted by atomic mass is 9.96. The van der Waals surface area contributed by atoms with Crippen molar-refractivity contribution in [1.29, 1.82) is 0 Å². The molecule has 2 atom stereocenters. The van der Waals surface area contributed by atoms with Gasteiger partial charge in [-0.05, 0) is 30.4 Å². The number of nitrogens with zero attached hydrogens (tertiary/aromatic N) is 1. The Morgan fingerprint density at radius 1 is 1.38 bits per heavy atom. The molecule has 0 spiro atoms. The number of carbonyl (C=O) groups is 1. The highest BCUT2D eigenvalue weighted by Crippen LogP contribution is 2.32. The number of amides is 1. The Hall–Kier alpha value is -1.79. The van der Waals surface area contributed by atoms with Gasteiger partial charge in [0, 0.05) is 25.1 Å². The van der Waals surface area contributed by atoms with E-state index in [1.165, 1.54) is 12.8 Å². The minimum Gasteiger partial charge on any atom is -0.341 e. The van der Waals surface area contributed by atoms with Gasteiger partial charge >= 0.3 is 0 Å². The maximum Gasteiger partial charge on any atom is 0.225 e. The van der Waals surface area contributed by atoms with Gasteiger partial charge in [0.15, 0.2) is 0 Å². The monoisotopic (exact) mass is 284 g/mol. The molecule has 3 heteroatoms. The van der Waals surface area contributed by atoms with E-state index >= 15 is 0 Å². The molecular formula is C18H24N2O. The van der Waals surface area contributed by atoms with E-state index in [9.17, 15) is 4.79 Å². The number of carbonyl (C=O) groups excluding carboxylic acids is 1. The molecule has 1 aromatic carbocycles. The summed E-state index contributed by atoms with van der Waals surface area (Å²) in [6.45, 7) is 3.14. The smallest absolute Gasteiger partial charge is 0.225 e. The molecule has 1 aliphatic rings. The molecule has 0 saturated heterocycles. The second kappa shape index (κ2) is 7.28. The molecule has 21 heavy (non-hydrogen) atoms. The van der Waals surface area contributed by atoms with Gasteiger partial charge < -0.3 is 10.6 Å². The number of hydrogen-bond acceptors (Lipinski definition) is 2. The molecule has 0 bridgehead atoms. The van der Waals surface area contributed by atoms with Crippen LogP contribution in [-0.2, 0) is 11.3 Å². The second-order valence-electron chi connectivity index (χ2n) is 5.87. The van der Waals surface area contributed by atoms with Crippen molar-refractivity contribution in [2.24, 2.45) is 17.6 Å². The van der Waals surface area contributed by atoms with E-state index in [0.717, 1.165) is 17.5 Å². The van der Waals surface area contributed by atoms with Gasteiger partial charge in [0.2, 0.25) is 5.91 Å². The first kappa shape index (κ1) is 15.6. The first-order valence-electron chi connectivity index (χ1n) is 7.65. The van der Waals surface area contributed by atoms with Gasteiger partial charge in [-0.2, -0.15) is 0 Å². The summed E-state index contributed by atoms with van der Waals surface area (Å²) in [4.78, 5) is 14.4. The van der Waals surface area contributed by atoms with Gasteiger partial charge in [0.05, 0.1) is 6.54 Å². The summed E-state index contributed by atoms with van der Waals surface area (Å²) in [7, 11) is 1.89. The van der Waals surface area contributed by atoms with Crippen LogP contribution in [0.5, 0.6) is 0 Å². The third-order valence-corrected chi connectivity index (χ3v) is 4.30. The highest BCUT2D eigenvalue weighted by atomic mass is 16.2. The molecule has 2 unspecified atom stereocenters. The highest BCUT2D eigenvalue weighted by Gasteiger charge is 2.31. The second-order valence-corrected chi connectivity index (χ2v) is 5.87. The van der Waals surface area contributed by atoms with Crippen LogP contribution in [0.3, 0.4) is 0 Å². The van der Waals surface area contributed by atoms with Crippen LogP contribution >= 0.6 is 0 Å². The van der Waals surface area contributed by atoms with Crippen LogP contribution in [0.15, 0.2) is 24.3 Å². The lowest BCUT2D eigenvalue weighted by Crippen LogP contribution is -2.33. The van der Waals surface area contributed by atoms with Crippen LogP contribution in [0.2, 0.25) is 0 Å². The topological polar surface area (TPSA) is 46.3 Å². The fourth-order valence-corrected chi connectivity index (χ4v) is 3.06. The molecule has 1 fully saturated rings. The first-order valence-corrected chi connectivity index (χ1v) is 7.65. The molecule has 1 amide bonds. The van der Waals surface area contributed by atoms with Gasteiger partial charge in [-0.3, -0.25) is 4.79 Å². The van der Waals surface area contributed by atoms with Crippen LogP contribution in [0.25, 0.3) is 0 Å². The third kappa shape index (κ3) is 3.86. The van der Waals surface area contributed by atoms with Crippen molar-refractivity contribution in [3.8, 4) is 11.8 Å². The predicted octanol–water partition coefficient (Wildman–Crippen LogP) is 2.39. The Balaban J connectivity index is 2.09. The van der Waals surface area contributed by atoms with E-state index < -0.39 is 0 Å². The van der Waals surface area contributed by atoms with E-state index in [2.05, 4.69) is 18.8 Å². The number of hydrogen-bond donors (Lipinski definition) is 1. The number of benzene rings is 1. The standard InChI is InChI=1S/C18H24N2O/c1-14-7-5-11-17(14)18(21)20(2)13-16-9-4-3-8-15(16)10-6-12-19/h3-4,8-9,14,17H,5,7,11-13,19H2,1-2H3. The van der Waals surface area contributed by atoms with Crippen molar-refractivity contribution in [1.82, 2.24) is 4.90 Å². The van der Waals surface area contributed by atoms with Crippen LogP contribution in [0, 0.1) is 23.7 Å². The maximum atomic E-state index is 12.6.